The van der Waals surface area contributed by atoms with Crippen LogP contribution < -0.4 is 0 Å². The number of rotatable bonds is 4. The number of carbonyl (C=O) groups is 1. The van der Waals surface area contributed by atoms with Crippen molar-refractivity contribution in [2.24, 2.45) is 11.3 Å². The first-order valence-electron chi connectivity index (χ1n) is 7.66. The minimum Gasteiger partial charge on any atom is -0.481 e. The minimum atomic E-state index is -0.715. The van der Waals surface area contributed by atoms with Crippen LogP contribution in [0.15, 0.2) is 24.3 Å². The molecule has 6 heteroatoms. The Bertz CT molecular complexity index is 618. The highest BCUT2D eigenvalue weighted by Crippen LogP contribution is 2.51. The molecule has 0 amide bonds. The first kappa shape index (κ1) is 15.0. The molecule has 1 unspecified atom stereocenters. The number of likely N-dealkylation sites (tertiary alicyclic amines) is 1. The lowest BCUT2D eigenvalue weighted by atomic mass is 9.81. The minimum absolute atomic E-state index is 0.108. The van der Waals surface area contributed by atoms with E-state index in [1.807, 2.05) is 6.92 Å². The van der Waals surface area contributed by atoms with Crippen LogP contribution in [0.3, 0.4) is 0 Å². The van der Waals surface area contributed by atoms with Crippen LogP contribution in [0.2, 0.25) is 0 Å². The molecule has 2 aliphatic rings. The standard InChI is InChI=1S/C16H20N2O4/c1-11(13-6-2-3-7-14(13)18(21)22)17-9-12-5-4-8-16(12,10-17)15(19)20/h2-3,6-7,11-12H,4-5,8-10H2,1H3,(H,19,20)/t11?,12-,16+/m0/s1. The van der Waals surface area contributed by atoms with Gasteiger partial charge in [-0.3, -0.25) is 19.8 Å². The number of aliphatic carboxylic acids is 1. The van der Waals surface area contributed by atoms with Crippen LogP contribution in [0.25, 0.3) is 0 Å². The second kappa shape index (κ2) is 5.35. The number of carboxylic acid groups (broad SMARTS) is 1. The zero-order valence-electron chi connectivity index (χ0n) is 12.6. The Kier molecular flexibility index (Phi) is 3.64. The highest BCUT2D eigenvalue weighted by Gasteiger charge is 2.55. The fourth-order valence-electron chi connectivity index (χ4n) is 4.18. The summed E-state index contributed by atoms with van der Waals surface area (Å²) in [5.41, 5.74) is 0.113. The number of hydrogen-bond acceptors (Lipinski definition) is 4. The summed E-state index contributed by atoms with van der Waals surface area (Å²) < 4.78 is 0. The Balaban J connectivity index is 1.88. The van der Waals surface area contributed by atoms with Gasteiger partial charge in [-0.25, -0.2) is 0 Å². The Morgan fingerprint density at radius 1 is 1.50 bits per heavy atom. The monoisotopic (exact) mass is 304 g/mol. The smallest absolute Gasteiger partial charge is 0.311 e. The van der Waals surface area contributed by atoms with E-state index in [1.165, 1.54) is 6.07 Å². The summed E-state index contributed by atoms with van der Waals surface area (Å²) in [4.78, 5) is 24.7. The highest BCUT2D eigenvalue weighted by molar-refractivity contribution is 5.76. The Morgan fingerprint density at radius 2 is 2.23 bits per heavy atom. The Labute approximate surface area is 128 Å². The molecular weight excluding hydrogens is 284 g/mol. The molecule has 22 heavy (non-hydrogen) atoms. The van der Waals surface area contributed by atoms with Crippen LogP contribution >= 0.6 is 0 Å². The summed E-state index contributed by atoms with van der Waals surface area (Å²) >= 11 is 0. The molecule has 2 fully saturated rings. The third-order valence-corrected chi connectivity index (χ3v) is 5.45. The van der Waals surface area contributed by atoms with Crippen molar-refractivity contribution in [1.29, 1.82) is 0 Å². The van der Waals surface area contributed by atoms with Gasteiger partial charge in [-0.2, -0.15) is 0 Å². The summed E-state index contributed by atoms with van der Waals surface area (Å²) in [5.74, 6) is -0.553. The maximum Gasteiger partial charge on any atom is 0.311 e. The van der Waals surface area contributed by atoms with Crippen LogP contribution in [0, 0.1) is 21.4 Å². The number of fused-ring (bicyclic) bond motifs is 1. The van der Waals surface area contributed by atoms with E-state index in [0.717, 1.165) is 12.8 Å². The second-order valence-electron chi connectivity index (χ2n) is 6.47. The van der Waals surface area contributed by atoms with Gasteiger partial charge in [0.2, 0.25) is 0 Å². The number of benzene rings is 1. The normalized spacial score (nSPS) is 29.2. The molecule has 1 saturated heterocycles. The zero-order valence-corrected chi connectivity index (χ0v) is 12.6. The fourth-order valence-corrected chi connectivity index (χ4v) is 4.18. The molecule has 1 aliphatic carbocycles. The van der Waals surface area contributed by atoms with E-state index in [4.69, 9.17) is 0 Å². The van der Waals surface area contributed by atoms with Gasteiger partial charge in [0.25, 0.3) is 5.69 Å². The van der Waals surface area contributed by atoms with Crippen molar-refractivity contribution in [2.75, 3.05) is 13.1 Å². The predicted molar refractivity (Wildman–Crippen MR) is 80.5 cm³/mol. The molecule has 1 heterocycles. The molecule has 1 aromatic rings. The molecule has 6 nitrogen and oxygen atoms in total. The molecule has 1 N–H and O–H groups in total. The molecule has 3 rings (SSSR count). The lowest BCUT2D eigenvalue weighted by Crippen LogP contribution is -2.36. The maximum atomic E-state index is 11.7. The number of hydrogen-bond donors (Lipinski definition) is 1. The van der Waals surface area contributed by atoms with Crippen molar-refractivity contribution >= 4 is 11.7 Å². The molecule has 3 atom stereocenters. The summed E-state index contributed by atoms with van der Waals surface area (Å²) in [6, 6.07) is 6.58. The summed E-state index contributed by atoms with van der Waals surface area (Å²) in [6.45, 7) is 3.12. The zero-order chi connectivity index (χ0) is 15.9. The predicted octanol–water partition coefficient (Wildman–Crippen LogP) is 2.84. The van der Waals surface area contributed by atoms with Gasteiger partial charge >= 0.3 is 5.97 Å². The van der Waals surface area contributed by atoms with Crippen LogP contribution in [0.1, 0.15) is 37.8 Å². The average molecular weight is 304 g/mol. The fraction of sp³-hybridized carbons (Fsp3) is 0.562. The maximum absolute atomic E-state index is 11.7. The molecule has 0 spiro atoms. The van der Waals surface area contributed by atoms with Gasteiger partial charge < -0.3 is 5.11 Å². The van der Waals surface area contributed by atoms with E-state index in [-0.39, 0.29) is 22.6 Å². The Hall–Kier alpha value is -1.95. The SMILES string of the molecule is CC(c1ccccc1[N+](=O)[O-])N1C[C@@H]2CCC[C@@]2(C(=O)O)C1. The van der Waals surface area contributed by atoms with Crippen molar-refractivity contribution in [3.05, 3.63) is 39.9 Å². The van der Waals surface area contributed by atoms with Crippen LogP contribution in [0.4, 0.5) is 5.69 Å². The molecule has 1 aromatic carbocycles. The van der Waals surface area contributed by atoms with E-state index < -0.39 is 11.4 Å². The quantitative estimate of drug-likeness (QED) is 0.683. The first-order chi connectivity index (χ1) is 10.5. The van der Waals surface area contributed by atoms with E-state index >= 15 is 0 Å². The lowest BCUT2D eigenvalue weighted by molar-refractivity contribution is -0.386. The Morgan fingerprint density at radius 3 is 2.86 bits per heavy atom. The van der Waals surface area contributed by atoms with Gasteiger partial charge in [-0.1, -0.05) is 24.6 Å². The van der Waals surface area contributed by atoms with Crippen molar-refractivity contribution < 1.29 is 14.8 Å². The van der Waals surface area contributed by atoms with Crippen LogP contribution in [-0.4, -0.2) is 34.0 Å². The molecule has 0 bridgehead atoms. The van der Waals surface area contributed by atoms with E-state index in [1.54, 1.807) is 18.2 Å². The molecular formula is C16H20N2O4. The van der Waals surface area contributed by atoms with Crippen molar-refractivity contribution in [3.8, 4) is 0 Å². The van der Waals surface area contributed by atoms with Crippen LogP contribution in [-0.2, 0) is 4.79 Å². The highest BCUT2D eigenvalue weighted by atomic mass is 16.6. The van der Waals surface area contributed by atoms with Gasteiger partial charge in [0.1, 0.15) is 0 Å². The topological polar surface area (TPSA) is 83.7 Å². The van der Waals surface area contributed by atoms with Gasteiger partial charge in [-0.15, -0.1) is 0 Å². The number of nitro benzene ring substituents is 1. The van der Waals surface area contributed by atoms with Crippen molar-refractivity contribution in [2.45, 2.75) is 32.2 Å². The van der Waals surface area contributed by atoms with Crippen molar-refractivity contribution in [1.82, 2.24) is 4.90 Å². The van der Waals surface area contributed by atoms with Gasteiger partial charge in [0.15, 0.2) is 0 Å². The van der Waals surface area contributed by atoms with Crippen LogP contribution in [0.5, 0.6) is 0 Å². The number of carboxylic acids is 1. The van der Waals surface area contributed by atoms with Gasteiger partial charge in [0, 0.05) is 30.8 Å². The third kappa shape index (κ3) is 2.18. The molecule has 0 aromatic heterocycles. The average Bonchev–Trinajstić information content (AvgIpc) is 3.04. The summed E-state index contributed by atoms with van der Waals surface area (Å²) in [7, 11) is 0. The molecule has 118 valence electrons. The molecule has 0 radical (unpaired) electrons. The summed E-state index contributed by atoms with van der Waals surface area (Å²) in [6.07, 6.45) is 2.62. The lowest BCUT2D eigenvalue weighted by Gasteiger charge is -2.27. The van der Waals surface area contributed by atoms with Crippen molar-refractivity contribution in [3.63, 3.8) is 0 Å². The number of para-hydroxylation sites is 1. The number of nitrogens with zero attached hydrogens (tertiary/aromatic N) is 2. The second-order valence-corrected chi connectivity index (χ2v) is 6.47. The van der Waals surface area contributed by atoms with E-state index in [9.17, 15) is 20.0 Å². The molecule has 1 aliphatic heterocycles. The first-order valence-corrected chi connectivity index (χ1v) is 7.66. The van der Waals surface area contributed by atoms with E-state index in [0.29, 0.717) is 25.1 Å². The van der Waals surface area contributed by atoms with E-state index in [2.05, 4.69) is 4.90 Å². The largest absolute Gasteiger partial charge is 0.481 e. The molecule has 1 saturated carbocycles. The van der Waals surface area contributed by atoms with Gasteiger partial charge in [-0.05, 0) is 25.7 Å². The van der Waals surface area contributed by atoms with Gasteiger partial charge in [0.05, 0.1) is 10.3 Å². The number of nitro groups is 1. The third-order valence-electron chi connectivity index (χ3n) is 5.45. The summed E-state index contributed by atoms with van der Waals surface area (Å²) in [5, 5.41) is 20.9.